The van der Waals surface area contributed by atoms with E-state index in [2.05, 4.69) is 14.8 Å². The Labute approximate surface area is 183 Å². The number of hydrogen-bond acceptors (Lipinski definition) is 5. The largest absolute Gasteiger partial charge is 0.469 e. The van der Waals surface area contributed by atoms with Gasteiger partial charge in [-0.05, 0) is 57.2 Å². The number of benzene rings is 1. The van der Waals surface area contributed by atoms with Gasteiger partial charge in [-0.1, -0.05) is 23.7 Å². The molecule has 7 heteroatoms. The molecule has 0 spiro atoms. The maximum Gasteiger partial charge on any atom is 0.311 e. The minimum absolute atomic E-state index is 0.166. The average Bonchev–Trinajstić information content (AvgIpc) is 3.47. The zero-order valence-electron chi connectivity index (χ0n) is 18.2. The lowest BCUT2D eigenvalue weighted by molar-refractivity contribution is -0.151. The molecule has 162 valence electrons. The molecule has 1 heterocycles. The lowest BCUT2D eigenvalue weighted by Crippen LogP contribution is -2.26. The van der Waals surface area contributed by atoms with Crippen LogP contribution in [0.3, 0.4) is 0 Å². The Morgan fingerprint density at radius 2 is 1.87 bits per heavy atom. The Kier molecular flexibility index (Phi) is 6.96. The van der Waals surface area contributed by atoms with Gasteiger partial charge in [-0.25, -0.2) is 0 Å². The normalized spacial score (nSPS) is 14.0. The van der Waals surface area contributed by atoms with Gasteiger partial charge in [0.2, 0.25) is 0 Å². The van der Waals surface area contributed by atoms with E-state index in [0.717, 1.165) is 35.6 Å². The van der Waals surface area contributed by atoms with Gasteiger partial charge in [-0.2, -0.15) is 0 Å². The number of carbonyl (C=O) groups excluding carboxylic acids is 2. The Morgan fingerprint density at radius 1 is 1.20 bits per heavy atom. The maximum atomic E-state index is 12.6. The second-order valence-corrected chi connectivity index (χ2v) is 9.16. The summed E-state index contributed by atoms with van der Waals surface area (Å²) in [4.78, 5) is 24.5. The van der Waals surface area contributed by atoms with Crippen molar-refractivity contribution < 1.29 is 14.3 Å². The van der Waals surface area contributed by atoms with Crippen LogP contribution in [0.4, 0.5) is 0 Å². The van der Waals surface area contributed by atoms with Gasteiger partial charge in [0.25, 0.3) is 0 Å². The summed E-state index contributed by atoms with van der Waals surface area (Å²) in [6, 6.07) is 6.08. The third kappa shape index (κ3) is 5.28. The van der Waals surface area contributed by atoms with Crippen LogP contribution in [-0.4, -0.2) is 33.6 Å². The lowest BCUT2D eigenvalue weighted by Gasteiger charge is -2.21. The number of halogens is 1. The van der Waals surface area contributed by atoms with Crippen molar-refractivity contribution in [1.82, 2.24) is 14.8 Å². The van der Waals surface area contributed by atoms with Crippen LogP contribution in [0.25, 0.3) is 0 Å². The van der Waals surface area contributed by atoms with Crippen molar-refractivity contribution in [3.05, 3.63) is 46.0 Å². The van der Waals surface area contributed by atoms with E-state index >= 15 is 0 Å². The first kappa shape index (κ1) is 22.5. The SMILES string of the molecule is COC(=O)C(C)(C)CCc1nnc(CCC(=O)Cc2cccc(Cl)c2C)n1C1CC1. The van der Waals surface area contributed by atoms with Crippen LogP contribution >= 0.6 is 11.6 Å². The lowest BCUT2D eigenvalue weighted by atomic mass is 9.88. The van der Waals surface area contributed by atoms with Crippen LogP contribution in [0, 0.1) is 12.3 Å². The molecule has 0 bridgehead atoms. The minimum Gasteiger partial charge on any atom is -0.469 e. The van der Waals surface area contributed by atoms with Gasteiger partial charge in [0.15, 0.2) is 0 Å². The van der Waals surface area contributed by atoms with Crippen molar-refractivity contribution in [2.24, 2.45) is 5.41 Å². The Hall–Kier alpha value is -2.21. The number of nitrogens with zero attached hydrogens (tertiary/aromatic N) is 3. The molecule has 2 aromatic rings. The second kappa shape index (κ2) is 9.29. The Morgan fingerprint density at radius 3 is 2.50 bits per heavy atom. The van der Waals surface area contributed by atoms with Crippen LogP contribution in [0.2, 0.25) is 5.02 Å². The minimum atomic E-state index is -0.569. The van der Waals surface area contributed by atoms with E-state index in [0.29, 0.717) is 43.2 Å². The van der Waals surface area contributed by atoms with Crippen molar-refractivity contribution >= 4 is 23.4 Å². The van der Waals surface area contributed by atoms with E-state index in [1.165, 1.54) is 7.11 Å². The summed E-state index contributed by atoms with van der Waals surface area (Å²) < 4.78 is 7.09. The molecular formula is C23H30ClN3O3. The molecule has 0 radical (unpaired) electrons. The van der Waals surface area contributed by atoms with Crippen molar-refractivity contribution in [2.75, 3.05) is 7.11 Å². The van der Waals surface area contributed by atoms with Gasteiger partial charge < -0.3 is 9.30 Å². The molecule has 1 saturated carbocycles. The fourth-order valence-electron chi connectivity index (χ4n) is 3.65. The van der Waals surface area contributed by atoms with E-state index in [-0.39, 0.29) is 11.8 Å². The molecule has 1 fully saturated rings. The molecule has 1 aliphatic rings. The number of esters is 1. The molecule has 1 aromatic heterocycles. The smallest absolute Gasteiger partial charge is 0.311 e. The van der Waals surface area contributed by atoms with Crippen molar-refractivity contribution in [3.63, 3.8) is 0 Å². The predicted molar refractivity (Wildman–Crippen MR) is 116 cm³/mol. The summed E-state index contributed by atoms with van der Waals surface area (Å²) in [6.07, 6.45) is 4.87. The molecule has 30 heavy (non-hydrogen) atoms. The van der Waals surface area contributed by atoms with Gasteiger partial charge in [0.1, 0.15) is 17.4 Å². The topological polar surface area (TPSA) is 74.1 Å². The maximum absolute atomic E-state index is 12.6. The van der Waals surface area contributed by atoms with Gasteiger partial charge in [0.05, 0.1) is 12.5 Å². The predicted octanol–water partition coefficient (Wildman–Crippen LogP) is 4.45. The number of ketones is 1. The fraction of sp³-hybridized carbons (Fsp3) is 0.565. The van der Waals surface area contributed by atoms with Gasteiger partial charge in [0, 0.05) is 36.7 Å². The second-order valence-electron chi connectivity index (χ2n) is 8.75. The monoisotopic (exact) mass is 431 g/mol. The highest BCUT2D eigenvalue weighted by atomic mass is 35.5. The first-order valence-electron chi connectivity index (χ1n) is 10.5. The molecule has 1 aromatic carbocycles. The summed E-state index contributed by atoms with van der Waals surface area (Å²) >= 11 is 6.16. The van der Waals surface area contributed by atoms with E-state index in [9.17, 15) is 9.59 Å². The zero-order valence-corrected chi connectivity index (χ0v) is 19.0. The number of aryl methyl sites for hydroxylation is 2. The number of methoxy groups -OCH3 is 1. The third-order valence-electron chi connectivity index (χ3n) is 5.86. The molecule has 1 aliphatic carbocycles. The van der Waals surface area contributed by atoms with Crippen LogP contribution in [0.1, 0.15) is 68.3 Å². The van der Waals surface area contributed by atoms with E-state index in [1.54, 1.807) is 0 Å². The highest BCUT2D eigenvalue weighted by molar-refractivity contribution is 6.31. The summed E-state index contributed by atoms with van der Waals surface area (Å²) in [6.45, 7) is 5.71. The number of hydrogen-bond donors (Lipinski definition) is 0. The highest BCUT2D eigenvalue weighted by Gasteiger charge is 2.32. The van der Waals surface area contributed by atoms with Crippen molar-refractivity contribution in [3.8, 4) is 0 Å². The molecule has 3 rings (SSSR count). The number of Topliss-reactive ketones (excluding diaryl/α,β-unsaturated/α-hetero) is 1. The van der Waals surface area contributed by atoms with Gasteiger partial charge in [-0.3, -0.25) is 9.59 Å². The van der Waals surface area contributed by atoms with Crippen LogP contribution in [-0.2, 0) is 33.6 Å². The average molecular weight is 432 g/mol. The molecular weight excluding hydrogens is 402 g/mol. The molecule has 0 unspecified atom stereocenters. The number of rotatable bonds is 10. The van der Waals surface area contributed by atoms with Crippen LogP contribution in [0.15, 0.2) is 18.2 Å². The van der Waals surface area contributed by atoms with Gasteiger partial charge in [-0.15, -0.1) is 10.2 Å². The summed E-state index contributed by atoms with van der Waals surface area (Å²) in [5, 5.41) is 9.45. The Balaban J connectivity index is 1.63. The zero-order chi connectivity index (χ0) is 21.9. The Bertz CT molecular complexity index is 932. The van der Waals surface area contributed by atoms with E-state index < -0.39 is 5.41 Å². The number of aromatic nitrogens is 3. The van der Waals surface area contributed by atoms with Crippen molar-refractivity contribution in [2.45, 2.75) is 71.8 Å². The molecule has 0 N–H and O–H groups in total. The van der Waals surface area contributed by atoms with Crippen LogP contribution < -0.4 is 0 Å². The number of carbonyl (C=O) groups is 2. The molecule has 0 atom stereocenters. The van der Waals surface area contributed by atoms with Gasteiger partial charge >= 0.3 is 5.97 Å². The standard InChI is InChI=1S/C23H30ClN3O3/c1-15-16(6-5-7-19(15)24)14-18(28)10-11-20-25-26-21(27(20)17-8-9-17)12-13-23(2,3)22(29)30-4/h5-7,17H,8-14H2,1-4H3. The first-order chi connectivity index (χ1) is 14.2. The molecule has 0 saturated heterocycles. The molecule has 0 aliphatic heterocycles. The third-order valence-corrected chi connectivity index (χ3v) is 6.27. The highest BCUT2D eigenvalue weighted by Crippen LogP contribution is 2.37. The van der Waals surface area contributed by atoms with Crippen molar-refractivity contribution in [1.29, 1.82) is 0 Å². The van der Waals surface area contributed by atoms with Crippen LogP contribution in [0.5, 0.6) is 0 Å². The summed E-state index contributed by atoms with van der Waals surface area (Å²) in [7, 11) is 1.41. The number of ether oxygens (including phenoxy) is 1. The molecule has 0 amide bonds. The van der Waals surface area contributed by atoms with E-state index in [1.807, 2.05) is 39.0 Å². The molecule has 6 nitrogen and oxygen atoms in total. The first-order valence-corrected chi connectivity index (χ1v) is 10.9. The van der Waals surface area contributed by atoms with E-state index in [4.69, 9.17) is 16.3 Å². The fourth-order valence-corrected chi connectivity index (χ4v) is 3.85. The summed E-state index contributed by atoms with van der Waals surface area (Å²) in [5.74, 6) is 1.70. The summed E-state index contributed by atoms with van der Waals surface area (Å²) in [5.41, 5.74) is 1.37. The quantitative estimate of drug-likeness (QED) is 0.519.